The van der Waals surface area contributed by atoms with E-state index in [-0.39, 0.29) is 24.3 Å². The van der Waals surface area contributed by atoms with Crippen molar-refractivity contribution < 1.29 is 14.4 Å². The fraction of sp³-hybridized carbons (Fsp3) is 0.600. The first-order chi connectivity index (χ1) is 17.0. The Morgan fingerprint density at radius 2 is 1.77 bits per heavy atom. The molecule has 35 heavy (non-hydrogen) atoms. The first-order valence-electron chi connectivity index (χ1n) is 12.9. The zero-order chi connectivity index (χ0) is 23.9. The number of carbonyl (C=O) groups is 3. The van der Waals surface area contributed by atoms with Crippen LogP contribution in [-0.4, -0.2) is 49.3 Å². The smallest absolute Gasteiger partial charge is 0.254 e. The van der Waals surface area contributed by atoms with Crippen LogP contribution in [0, 0.1) is 11.8 Å². The van der Waals surface area contributed by atoms with E-state index in [0.29, 0.717) is 52.3 Å². The molecule has 10 nitrogen and oxygen atoms in total. The average molecular weight is 478 g/mol. The van der Waals surface area contributed by atoms with Gasteiger partial charge in [-0.1, -0.05) is 6.42 Å². The van der Waals surface area contributed by atoms with Crippen molar-refractivity contribution in [3.63, 3.8) is 0 Å². The van der Waals surface area contributed by atoms with Crippen molar-refractivity contribution in [3.8, 4) is 0 Å². The number of ketones is 1. The second kappa shape index (κ2) is 9.05. The van der Waals surface area contributed by atoms with E-state index in [9.17, 15) is 14.4 Å². The Hall–Kier alpha value is -3.30. The zero-order valence-electron chi connectivity index (χ0n) is 19.8. The molecular weight excluding hydrogens is 446 g/mol. The monoisotopic (exact) mass is 477 g/mol. The largest absolute Gasteiger partial charge is 0.351 e. The van der Waals surface area contributed by atoms with Crippen LogP contribution in [0.5, 0.6) is 0 Å². The van der Waals surface area contributed by atoms with Gasteiger partial charge in [-0.05, 0) is 63.4 Å². The van der Waals surface area contributed by atoms with E-state index in [1.54, 1.807) is 16.8 Å². The summed E-state index contributed by atoms with van der Waals surface area (Å²) in [5.41, 5.74) is 1.67. The van der Waals surface area contributed by atoms with Crippen molar-refractivity contribution in [2.45, 2.75) is 82.7 Å². The van der Waals surface area contributed by atoms with E-state index in [1.807, 2.05) is 0 Å². The fourth-order valence-electron chi connectivity index (χ4n) is 5.25. The summed E-state index contributed by atoms with van der Waals surface area (Å²) in [7, 11) is 0. The van der Waals surface area contributed by atoms with Crippen LogP contribution in [0.3, 0.4) is 0 Å². The molecule has 0 aromatic carbocycles. The molecule has 0 unspecified atom stereocenters. The van der Waals surface area contributed by atoms with Gasteiger partial charge >= 0.3 is 0 Å². The molecule has 3 heterocycles. The van der Waals surface area contributed by atoms with Crippen LogP contribution in [0.25, 0.3) is 11.7 Å². The molecule has 4 aliphatic rings. The summed E-state index contributed by atoms with van der Waals surface area (Å²) < 4.78 is 1.66. The highest BCUT2D eigenvalue weighted by atomic mass is 16.2. The number of nitrogens with zero attached hydrogens (tertiary/aromatic N) is 4. The minimum Gasteiger partial charge on any atom is -0.351 e. The molecule has 0 spiro atoms. The predicted octanol–water partition coefficient (Wildman–Crippen LogP) is 2.86. The molecule has 3 aliphatic carbocycles. The number of aromatic nitrogens is 4. The Morgan fingerprint density at radius 3 is 2.43 bits per heavy atom. The molecular formula is C25H31N7O3. The van der Waals surface area contributed by atoms with Crippen LogP contribution >= 0.6 is 0 Å². The summed E-state index contributed by atoms with van der Waals surface area (Å²) in [5, 5.41) is 13.7. The number of imide groups is 1. The molecule has 3 saturated carbocycles. The van der Waals surface area contributed by atoms with Gasteiger partial charge in [-0.25, -0.2) is 0 Å². The Morgan fingerprint density at radius 1 is 1.03 bits per heavy atom. The molecule has 0 radical (unpaired) electrons. The lowest BCUT2D eigenvalue weighted by atomic mass is 9.76. The van der Waals surface area contributed by atoms with Gasteiger partial charge in [0.25, 0.3) is 5.91 Å². The Kier molecular flexibility index (Phi) is 5.74. The van der Waals surface area contributed by atoms with Gasteiger partial charge in [-0.3, -0.25) is 19.7 Å². The maximum atomic E-state index is 12.4. The van der Waals surface area contributed by atoms with Gasteiger partial charge in [0.15, 0.2) is 5.65 Å². The van der Waals surface area contributed by atoms with Gasteiger partial charge in [-0.15, -0.1) is 0 Å². The standard InChI is InChI=1S/C25H31N7O3/c33-20(15-2-1-3-15)10-14-4-6-18(7-5-14)27-24-30-22-17(11-16-12-21(34)29-23(16)35)13-26-32(22)25(31-24)28-19-8-9-19/h11,13-15,18-19H,1-10,12H2,(H,29,34,35)(H2,27,28,30,31)/b16-11+. The molecule has 2 amide bonds. The van der Waals surface area contributed by atoms with Crippen LogP contribution in [-0.2, 0) is 14.4 Å². The molecule has 4 fully saturated rings. The quantitative estimate of drug-likeness (QED) is 0.391. The summed E-state index contributed by atoms with van der Waals surface area (Å²) in [4.78, 5) is 45.5. The topological polar surface area (TPSA) is 130 Å². The number of nitrogens with one attached hydrogen (secondary N) is 3. The third-order valence-corrected chi connectivity index (χ3v) is 7.76. The Balaban J connectivity index is 1.18. The van der Waals surface area contributed by atoms with Gasteiger partial charge in [0, 0.05) is 35.6 Å². The molecule has 10 heteroatoms. The predicted molar refractivity (Wildman–Crippen MR) is 130 cm³/mol. The highest BCUT2D eigenvalue weighted by Gasteiger charge is 2.30. The van der Waals surface area contributed by atoms with Crippen LogP contribution in [0.1, 0.15) is 76.2 Å². The second-order valence-electron chi connectivity index (χ2n) is 10.5. The summed E-state index contributed by atoms with van der Waals surface area (Å²) in [6, 6.07) is 0.637. The van der Waals surface area contributed by atoms with Crippen LogP contribution in [0.15, 0.2) is 11.8 Å². The number of Topliss-reactive ketones (excluding diaryl/α,β-unsaturated/α-hetero) is 1. The molecule has 184 valence electrons. The third kappa shape index (κ3) is 4.78. The van der Waals surface area contributed by atoms with Crippen LogP contribution in [0.4, 0.5) is 11.9 Å². The lowest BCUT2D eigenvalue weighted by Gasteiger charge is -2.31. The number of amides is 2. The minimum atomic E-state index is -0.370. The number of anilines is 2. The van der Waals surface area contributed by atoms with Gasteiger partial charge < -0.3 is 10.6 Å². The van der Waals surface area contributed by atoms with Crippen LogP contribution < -0.4 is 16.0 Å². The van der Waals surface area contributed by atoms with Gasteiger partial charge in [0.05, 0.1) is 12.6 Å². The first-order valence-corrected chi connectivity index (χ1v) is 12.9. The Labute approximate surface area is 203 Å². The van der Waals surface area contributed by atoms with Gasteiger partial charge in [0.1, 0.15) is 5.78 Å². The highest BCUT2D eigenvalue weighted by molar-refractivity contribution is 6.15. The van der Waals surface area contributed by atoms with Gasteiger partial charge in [0.2, 0.25) is 17.8 Å². The maximum absolute atomic E-state index is 12.4. The number of carbonyl (C=O) groups excluding carboxylic acids is 3. The van der Waals surface area contributed by atoms with Crippen molar-refractivity contribution in [1.29, 1.82) is 0 Å². The normalized spacial score (nSPS) is 26.1. The summed E-state index contributed by atoms with van der Waals surface area (Å²) in [5.74, 6) is 1.78. The molecule has 0 bridgehead atoms. The first kappa shape index (κ1) is 22.2. The molecule has 3 N–H and O–H groups in total. The van der Waals surface area contributed by atoms with Crippen molar-refractivity contribution >= 4 is 41.2 Å². The highest BCUT2D eigenvalue weighted by Crippen LogP contribution is 2.34. The van der Waals surface area contributed by atoms with E-state index in [0.717, 1.165) is 57.8 Å². The van der Waals surface area contributed by atoms with E-state index in [1.165, 1.54) is 6.42 Å². The molecule has 0 atom stereocenters. The summed E-state index contributed by atoms with van der Waals surface area (Å²) in [6.07, 6.45) is 13.8. The van der Waals surface area contributed by atoms with E-state index in [4.69, 9.17) is 9.97 Å². The fourth-order valence-corrected chi connectivity index (χ4v) is 5.25. The average Bonchev–Trinajstić information content (AvgIpc) is 3.42. The lowest BCUT2D eigenvalue weighted by molar-refractivity contribution is -0.126. The molecule has 6 rings (SSSR count). The van der Waals surface area contributed by atoms with Crippen molar-refractivity contribution in [3.05, 3.63) is 17.3 Å². The number of hydrogen-bond acceptors (Lipinski definition) is 8. The van der Waals surface area contributed by atoms with Crippen LogP contribution in [0.2, 0.25) is 0 Å². The third-order valence-electron chi connectivity index (χ3n) is 7.76. The Bertz CT molecular complexity index is 1200. The number of fused-ring (bicyclic) bond motifs is 1. The molecule has 2 aromatic heterocycles. The minimum absolute atomic E-state index is 0.0615. The summed E-state index contributed by atoms with van der Waals surface area (Å²) >= 11 is 0. The van der Waals surface area contributed by atoms with E-state index in [2.05, 4.69) is 21.0 Å². The van der Waals surface area contributed by atoms with Crippen molar-refractivity contribution in [2.75, 3.05) is 10.6 Å². The SMILES string of the molecule is O=C1C/C(=C\c2cnn3c(NC4CC4)nc(NC4CCC(CC(=O)C5CCC5)CC4)nc23)C(=O)N1. The molecule has 1 saturated heterocycles. The second-order valence-corrected chi connectivity index (χ2v) is 10.5. The maximum Gasteiger partial charge on any atom is 0.254 e. The number of hydrogen-bond donors (Lipinski definition) is 3. The summed E-state index contributed by atoms with van der Waals surface area (Å²) in [6.45, 7) is 0. The lowest BCUT2D eigenvalue weighted by Crippen LogP contribution is -2.30. The van der Waals surface area contributed by atoms with Crippen molar-refractivity contribution in [1.82, 2.24) is 24.9 Å². The zero-order valence-corrected chi connectivity index (χ0v) is 19.8. The molecule has 1 aliphatic heterocycles. The van der Waals surface area contributed by atoms with E-state index >= 15 is 0 Å². The van der Waals surface area contributed by atoms with Gasteiger partial charge in [-0.2, -0.15) is 19.6 Å². The van der Waals surface area contributed by atoms with E-state index < -0.39 is 0 Å². The molecule has 2 aromatic rings. The number of rotatable bonds is 8. The van der Waals surface area contributed by atoms with Crippen molar-refractivity contribution in [2.24, 2.45) is 11.8 Å².